The van der Waals surface area contributed by atoms with Crippen molar-refractivity contribution in [3.05, 3.63) is 48.0 Å². The van der Waals surface area contributed by atoms with Gasteiger partial charge in [-0.05, 0) is 36.2 Å². The van der Waals surface area contributed by atoms with E-state index in [1.165, 1.54) is 4.31 Å². The molecule has 2 heterocycles. The lowest BCUT2D eigenvalue weighted by Gasteiger charge is -2.20. The molecule has 2 aromatic rings. The van der Waals surface area contributed by atoms with Gasteiger partial charge in [-0.25, -0.2) is 8.42 Å². The van der Waals surface area contributed by atoms with Gasteiger partial charge in [0.15, 0.2) is 0 Å². The molecular weight excluding hydrogens is 356 g/mol. The predicted molar refractivity (Wildman–Crippen MR) is 99.7 cm³/mol. The van der Waals surface area contributed by atoms with Crippen molar-refractivity contribution < 1.29 is 13.2 Å². The molecule has 0 spiro atoms. The molecule has 1 amide bonds. The lowest BCUT2D eigenvalue weighted by molar-refractivity contribution is -0.116. The maximum atomic E-state index is 13.1. The summed E-state index contributed by atoms with van der Waals surface area (Å²) in [5.74, 6) is -0.0835. The molecule has 0 aromatic heterocycles. The number of sulfonamides is 1. The molecule has 25 heavy (non-hydrogen) atoms. The lowest BCUT2D eigenvalue weighted by Crippen LogP contribution is -2.29. The molecular formula is C18H18N2O3S2. The third-order valence-corrected chi connectivity index (χ3v) is 7.45. The SMILES string of the molecule is C[C@@H]1CC(=O)Nc2cc(S(=O)(=O)N3CCc4ccccc43)ccc2S1. The van der Waals surface area contributed by atoms with Crippen molar-refractivity contribution in [1.82, 2.24) is 0 Å². The van der Waals surface area contributed by atoms with Crippen LogP contribution in [0.2, 0.25) is 0 Å². The Kier molecular flexibility index (Phi) is 4.00. The second-order valence-corrected chi connectivity index (χ2v) is 9.64. The maximum absolute atomic E-state index is 13.1. The summed E-state index contributed by atoms with van der Waals surface area (Å²) in [6.45, 7) is 2.43. The number of nitrogens with zero attached hydrogens (tertiary/aromatic N) is 1. The van der Waals surface area contributed by atoms with E-state index in [-0.39, 0.29) is 16.1 Å². The number of nitrogens with one attached hydrogen (secondary N) is 1. The number of hydrogen-bond acceptors (Lipinski definition) is 4. The zero-order valence-electron chi connectivity index (χ0n) is 13.7. The average Bonchev–Trinajstić information content (AvgIpc) is 2.94. The van der Waals surface area contributed by atoms with E-state index in [0.717, 1.165) is 16.1 Å². The maximum Gasteiger partial charge on any atom is 0.264 e. The van der Waals surface area contributed by atoms with Gasteiger partial charge in [0, 0.05) is 23.1 Å². The third kappa shape index (κ3) is 2.91. The molecule has 0 bridgehead atoms. The van der Waals surface area contributed by atoms with E-state index >= 15 is 0 Å². The Morgan fingerprint density at radius 1 is 1.20 bits per heavy atom. The van der Waals surface area contributed by atoms with Crippen molar-refractivity contribution in [3.8, 4) is 0 Å². The number of anilines is 2. The number of thioether (sulfide) groups is 1. The van der Waals surface area contributed by atoms with Gasteiger partial charge in [-0.15, -0.1) is 11.8 Å². The fourth-order valence-corrected chi connectivity index (χ4v) is 5.86. The Labute approximate surface area is 151 Å². The number of fused-ring (bicyclic) bond motifs is 2. The quantitative estimate of drug-likeness (QED) is 0.876. The van der Waals surface area contributed by atoms with Gasteiger partial charge in [0.2, 0.25) is 5.91 Å². The van der Waals surface area contributed by atoms with E-state index in [1.807, 2.05) is 31.2 Å². The van der Waals surface area contributed by atoms with Crippen LogP contribution in [0.25, 0.3) is 0 Å². The first-order valence-electron chi connectivity index (χ1n) is 8.16. The lowest BCUT2D eigenvalue weighted by atomic mass is 10.2. The van der Waals surface area contributed by atoms with Crippen molar-refractivity contribution in [2.75, 3.05) is 16.2 Å². The largest absolute Gasteiger partial charge is 0.325 e. The van der Waals surface area contributed by atoms with Crippen LogP contribution in [0.1, 0.15) is 18.9 Å². The van der Waals surface area contributed by atoms with Crippen molar-refractivity contribution in [2.45, 2.75) is 34.8 Å². The highest BCUT2D eigenvalue weighted by molar-refractivity contribution is 8.00. The summed E-state index contributed by atoms with van der Waals surface area (Å²) in [6, 6.07) is 12.6. The van der Waals surface area contributed by atoms with Gasteiger partial charge in [-0.2, -0.15) is 0 Å². The Balaban J connectivity index is 1.74. The van der Waals surface area contributed by atoms with E-state index in [0.29, 0.717) is 25.1 Å². The highest BCUT2D eigenvalue weighted by atomic mass is 32.2. The van der Waals surface area contributed by atoms with Crippen LogP contribution in [0.3, 0.4) is 0 Å². The van der Waals surface area contributed by atoms with Crippen LogP contribution in [0.5, 0.6) is 0 Å². The second kappa shape index (κ2) is 6.07. The van der Waals surface area contributed by atoms with Gasteiger partial charge in [-0.3, -0.25) is 9.10 Å². The van der Waals surface area contributed by atoms with E-state index in [4.69, 9.17) is 0 Å². The fourth-order valence-electron chi connectivity index (χ4n) is 3.28. The molecule has 130 valence electrons. The van der Waals surface area contributed by atoms with E-state index < -0.39 is 10.0 Å². The summed E-state index contributed by atoms with van der Waals surface area (Å²) in [7, 11) is -3.66. The smallest absolute Gasteiger partial charge is 0.264 e. The Bertz CT molecular complexity index is 957. The van der Waals surface area contributed by atoms with Gasteiger partial charge in [-0.1, -0.05) is 25.1 Å². The minimum absolute atomic E-state index is 0.0835. The van der Waals surface area contributed by atoms with E-state index in [9.17, 15) is 13.2 Å². The molecule has 4 rings (SSSR count). The molecule has 5 nitrogen and oxygen atoms in total. The van der Waals surface area contributed by atoms with E-state index in [1.54, 1.807) is 30.0 Å². The molecule has 0 saturated carbocycles. The first kappa shape index (κ1) is 16.5. The fraction of sp³-hybridized carbons (Fsp3) is 0.278. The molecule has 7 heteroatoms. The Morgan fingerprint density at radius 3 is 2.84 bits per heavy atom. The first-order valence-corrected chi connectivity index (χ1v) is 10.5. The second-order valence-electron chi connectivity index (χ2n) is 6.29. The predicted octanol–water partition coefficient (Wildman–Crippen LogP) is 3.26. The number of para-hydroxylation sites is 1. The zero-order chi connectivity index (χ0) is 17.6. The van der Waals surface area contributed by atoms with E-state index in [2.05, 4.69) is 5.32 Å². The van der Waals surface area contributed by atoms with Crippen molar-refractivity contribution >= 4 is 39.1 Å². The number of benzene rings is 2. The van der Waals surface area contributed by atoms with Crippen LogP contribution in [0.4, 0.5) is 11.4 Å². The molecule has 2 aliphatic heterocycles. The van der Waals surface area contributed by atoms with Crippen LogP contribution in [0, 0.1) is 0 Å². The first-order chi connectivity index (χ1) is 11.9. The molecule has 0 fully saturated rings. The molecule has 2 aliphatic rings. The topological polar surface area (TPSA) is 66.5 Å². The molecule has 0 unspecified atom stereocenters. The van der Waals surface area contributed by atoms with Gasteiger partial charge in [0.05, 0.1) is 16.3 Å². The summed E-state index contributed by atoms with van der Waals surface area (Å²) in [5.41, 5.74) is 2.36. The Hall–Kier alpha value is -1.99. The van der Waals surface area contributed by atoms with Crippen LogP contribution in [-0.4, -0.2) is 26.1 Å². The van der Waals surface area contributed by atoms with Crippen LogP contribution < -0.4 is 9.62 Å². The minimum Gasteiger partial charge on any atom is -0.325 e. The Morgan fingerprint density at radius 2 is 2.00 bits per heavy atom. The number of carbonyl (C=O) groups excluding carboxylic acids is 1. The summed E-state index contributed by atoms with van der Waals surface area (Å²) >= 11 is 1.58. The summed E-state index contributed by atoms with van der Waals surface area (Å²) in [4.78, 5) is 13.1. The van der Waals surface area contributed by atoms with Crippen molar-refractivity contribution in [3.63, 3.8) is 0 Å². The molecule has 2 aromatic carbocycles. The van der Waals surface area contributed by atoms with Crippen molar-refractivity contribution in [1.29, 1.82) is 0 Å². The summed E-state index contributed by atoms with van der Waals surface area (Å²) in [5, 5.41) is 2.99. The highest BCUT2D eigenvalue weighted by Crippen LogP contribution is 2.38. The van der Waals surface area contributed by atoms with Crippen LogP contribution in [0.15, 0.2) is 52.3 Å². The minimum atomic E-state index is -3.66. The molecule has 1 N–H and O–H groups in total. The van der Waals surface area contributed by atoms with Gasteiger partial charge in [0.1, 0.15) is 0 Å². The third-order valence-electron chi connectivity index (χ3n) is 4.46. The number of amides is 1. The highest BCUT2D eigenvalue weighted by Gasteiger charge is 2.31. The van der Waals surface area contributed by atoms with Crippen molar-refractivity contribution in [2.24, 2.45) is 0 Å². The summed E-state index contributed by atoms with van der Waals surface area (Å²) in [6.07, 6.45) is 1.13. The number of carbonyl (C=O) groups is 1. The summed E-state index contributed by atoms with van der Waals surface area (Å²) < 4.78 is 27.7. The average molecular weight is 374 g/mol. The molecule has 0 saturated heterocycles. The molecule has 0 aliphatic carbocycles. The van der Waals surface area contributed by atoms with Crippen LogP contribution in [-0.2, 0) is 21.2 Å². The van der Waals surface area contributed by atoms with Crippen LogP contribution >= 0.6 is 11.8 Å². The molecule has 0 radical (unpaired) electrons. The standard InChI is InChI=1S/C18H18N2O3S2/c1-12-10-18(21)19-15-11-14(6-7-17(15)24-12)25(22,23)20-9-8-13-4-2-3-5-16(13)20/h2-7,11-12H,8-10H2,1H3,(H,19,21)/t12-/m1/s1. The number of rotatable bonds is 2. The zero-order valence-corrected chi connectivity index (χ0v) is 15.4. The number of hydrogen-bond donors (Lipinski definition) is 1. The molecule has 1 atom stereocenters. The van der Waals surface area contributed by atoms with Gasteiger partial charge >= 0.3 is 0 Å². The van der Waals surface area contributed by atoms with Gasteiger partial charge in [0.25, 0.3) is 10.0 Å². The normalized spacial score (nSPS) is 19.8. The van der Waals surface area contributed by atoms with Gasteiger partial charge < -0.3 is 5.32 Å². The monoisotopic (exact) mass is 374 g/mol.